The molecule has 0 saturated carbocycles. The first kappa shape index (κ1) is 15.8. The summed E-state index contributed by atoms with van der Waals surface area (Å²) in [6, 6.07) is 8.14. The third-order valence-corrected chi connectivity index (χ3v) is 3.33. The standard InChI is InChI=1S/C15H12ClF4N/c16-12-5-4-9(13(17)8-12)7-14(21)10-2-1-3-11(6-10)15(18,19)20/h1-6,8,14H,7,21H2. The molecule has 0 amide bonds. The van der Waals surface area contributed by atoms with Crippen LogP contribution in [0, 0.1) is 5.82 Å². The van der Waals surface area contributed by atoms with Gasteiger partial charge in [0.25, 0.3) is 0 Å². The molecule has 21 heavy (non-hydrogen) atoms. The van der Waals surface area contributed by atoms with E-state index in [1.54, 1.807) is 0 Å². The van der Waals surface area contributed by atoms with Gasteiger partial charge >= 0.3 is 6.18 Å². The maximum absolute atomic E-state index is 13.7. The van der Waals surface area contributed by atoms with Crippen LogP contribution >= 0.6 is 11.6 Å². The number of nitrogens with two attached hydrogens (primary N) is 1. The van der Waals surface area contributed by atoms with Crippen LogP contribution < -0.4 is 5.73 Å². The van der Waals surface area contributed by atoms with Crippen molar-refractivity contribution in [3.05, 3.63) is 70.0 Å². The Labute approximate surface area is 124 Å². The Kier molecular flexibility index (Phi) is 4.54. The molecular formula is C15H12ClF4N. The highest BCUT2D eigenvalue weighted by Crippen LogP contribution is 2.31. The molecule has 0 aliphatic heterocycles. The summed E-state index contributed by atoms with van der Waals surface area (Å²) in [4.78, 5) is 0. The number of benzene rings is 2. The molecule has 0 fully saturated rings. The normalized spacial score (nSPS) is 13.2. The second-order valence-electron chi connectivity index (χ2n) is 4.67. The van der Waals surface area contributed by atoms with Crippen molar-refractivity contribution in [1.29, 1.82) is 0 Å². The lowest BCUT2D eigenvalue weighted by molar-refractivity contribution is -0.137. The first-order valence-electron chi connectivity index (χ1n) is 6.14. The highest BCUT2D eigenvalue weighted by molar-refractivity contribution is 6.30. The summed E-state index contributed by atoms with van der Waals surface area (Å²) < 4.78 is 51.6. The van der Waals surface area contributed by atoms with E-state index in [4.69, 9.17) is 17.3 Å². The Balaban J connectivity index is 2.22. The van der Waals surface area contributed by atoms with Gasteiger partial charge < -0.3 is 5.73 Å². The fourth-order valence-electron chi connectivity index (χ4n) is 1.99. The Morgan fingerprint density at radius 2 is 1.81 bits per heavy atom. The highest BCUT2D eigenvalue weighted by atomic mass is 35.5. The highest BCUT2D eigenvalue weighted by Gasteiger charge is 2.30. The van der Waals surface area contributed by atoms with Crippen LogP contribution in [0.25, 0.3) is 0 Å². The SMILES string of the molecule is NC(Cc1ccc(Cl)cc1F)c1cccc(C(F)(F)F)c1. The van der Waals surface area contributed by atoms with Gasteiger partial charge in [-0.3, -0.25) is 0 Å². The van der Waals surface area contributed by atoms with Crippen LogP contribution in [-0.4, -0.2) is 0 Å². The molecule has 2 rings (SSSR count). The first-order chi connectivity index (χ1) is 9.77. The zero-order valence-corrected chi connectivity index (χ0v) is 11.5. The first-order valence-corrected chi connectivity index (χ1v) is 6.52. The molecule has 0 aliphatic rings. The monoisotopic (exact) mass is 317 g/mol. The van der Waals surface area contributed by atoms with E-state index in [1.807, 2.05) is 0 Å². The minimum atomic E-state index is -4.43. The summed E-state index contributed by atoms with van der Waals surface area (Å²) in [6.45, 7) is 0. The van der Waals surface area contributed by atoms with E-state index in [-0.39, 0.29) is 11.4 Å². The van der Waals surface area contributed by atoms with Gasteiger partial charge in [-0.1, -0.05) is 29.8 Å². The van der Waals surface area contributed by atoms with Crippen LogP contribution in [0.4, 0.5) is 17.6 Å². The molecule has 1 nitrogen and oxygen atoms in total. The van der Waals surface area contributed by atoms with Gasteiger partial charge in [-0.15, -0.1) is 0 Å². The summed E-state index contributed by atoms with van der Waals surface area (Å²) in [7, 11) is 0. The van der Waals surface area contributed by atoms with Crippen molar-refractivity contribution in [2.24, 2.45) is 5.73 Å². The number of rotatable bonds is 3. The van der Waals surface area contributed by atoms with Crippen molar-refractivity contribution < 1.29 is 17.6 Å². The second-order valence-corrected chi connectivity index (χ2v) is 5.11. The fourth-order valence-corrected chi connectivity index (χ4v) is 2.15. The molecule has 0 heterocycles. The molecule has 1 unspecified atom stereocenters. The molecule has 1 atom stereocenters. The quantitative estimate of drug-likeness (QED) is 0.813. The van der Waals surface area contributed by atoms with Crippen LogP contribution in [0.5, 0.6) is 0 Å². The maximum atomic E-state index is 13.7. The van der Waals surface area contributed by atoms with Gasteiger partial charge in [-0.2, -0.15) is 13.2 Å². The predicted octanol–water partition coefficient (Wildman–Crippen LogP) is 4.74. The Bertz CT molecular complexity index is 640. The molecule has 2 aromatic carbocycles. The number of halogens is 5. The maximum Gasteiger partial charge on any atom is 0.416 e. The van der Waals surface area contributed by atoms with Gasteiger partial charge in [-0.25, -0.2) is 4.39 Å². The van der Waals surface area contributed by atoms with E-state index >= 15 is 0 Å². The van der Waals surface area contributed by atoms with Gasteiger partial charge in [0.15, 0.2) is 0 Å². The molecule has 0 spiro atoms. The van der Waals surface area contributed by atoms with E-state index in [2.05, 4.69) is 0 Å². The van der Waals surface area contributed by atoms with Crippen LogP contribution in [0.1, 0.15) is 22.7 Å². The van der Waals surface area contributed by atoms with Gasteiger partial charge in [-0.05, 0) is 41.8 Å². The van der Waals surface area contributed by atoms with Crippen molar-refractivity contribution in [3.8, 4) is 0 Å². The molecule has 0 aromatic heterocycles. The molecule has 6 heteroatoms. The van der Waals surface area contributed by atoms with Crippen molar-refractivity contribution in [2.45, 2.75) is 18.6 Å². The van der Waals surface area contributed by atoms with Crippen molar-refractivity contribution in [1.82, 2.24) is 0 Å². The summed E-state index contributed by atoms with van der Waals surface area (Å²) in [5, 5.41) is 0.254. The largest absolute Gasteiger partial charge is 0.416 e. The van der Waals surface area contributed by atoms with Crippen LogP contribution in [0.3, 0.4) is 0 Å². The summed E-state index contributed by atoms with van der Waals surface area (Å²) in [6.07, 6.45) is -4.34. The van der Waals surface area contributed by atoms with Crippen molar-refractivity contribution >= 4 is 11.6 Å². The lowest BCUT2D eigenvalue weighted by Gasteiger charge is -2.15. The minimum Gasteiger partial charge on any atom is -0.324 e. The van der Waals surface area contributed by atoms with Crippen LogP contribution in [-0.2, 0) is 12.6 Å². The summed E-state index contributed by atoms with van der Waals surface area (Å²) >= 11 is 5.65. The van der Waals surface area contributed by atoms with Crippen LogP contribution in [0.15, 0.2) is 42.5 Å². The van der Waals surface area contributed by atoms with E-state index in [9.17, 15) is 17.6 Å². The van der Waals surface area contributed by atoms with Crippen molar-refractivity contribution in [2.75, 3.05) is 0 Å². The summed E-state index contributed by atoms with van der Waals surface area (Å²) in [5.74, 6) is -0.523. The van der Waals surface area contributed by atoms with E-state index in [0.717, 1.165) is 18.2 Å². The summed E-state index contributed by atoms with van der Waals surface area (Å²) in [5.41, 5.74) is 5.72. The Hall–Kier alpha value is -1.59. The van der Waals surface area contributed by atoms with Gasteiger partial charge in [0.05, 0.1) is 5.56 Å². The molecule has 2 aromatic rings. The fraction of sp³-hybridized carbons (Fsp3) is 0.200. The lowest BCUT2D eigenvalue weighted by atomic mass is 9.98. The van der Waals surface area contributed by atoms with E-state index < -0.39 is 23.6 Å². The average molecular weight is 318 g/mol. The molecule has 2 N–H and O–H groups in total. The minimum absolute atomic E-state index is 0.0876. The molecule has 0 radical (unpaired) electrons. The predicted molar refractivity (Wildman–Crippen MR) is 73.5 cm³/mol. The number of hydrogen-bond acceptors (Lipinski definition) is 1. The molecule has 0 saturated heterocycles. The topological polar surface area (TPSA) is 26.0 Å². The van der Waals surface area contributed by atoms with Crippen molar-refractivity contribution in [3.63, 3.8) is 0 Å². The third-order valence-electron chi connectivity index (χ3n) is 3.10. The van der Waals surface area contributed by atoms with Gasteiger partial charge in [0.2, 0.25) is 0 Å². The number of hydrogen-bond donors (Lipinski definition) is 1. The van der Waals surface area contributed by atoms with E-state index in [0.29, 0.717) is 11.1 Å². The van der Waals surface area contributed by atoms with Gasteiger partial charge in [0.1, 0.15) is 5.82 Å². The van der Waals surface area contributed by atoms with Crippen LogP contribution in [0.2, 0.25) is 5.02 Å². The zero-order chi connectivity index (χ0) is 15.6. The molecule has 0 aliphatic carbocycles. The van der Waals surface area contributed by atoms with Gasteiger partial charge in [0, 0.05) is 11.1 Å². The average Bonchev–Trinajstić information content (AvgIpc) is 2.41. The Morgan fingerprint density at radius 3 is 2.43 bits per heavy atom. The Morgan fingerprint density at radius 1 is 1.10 bits per heavy atom. The van der Waals surface area contributed by atoms with E-state index in [1.165, 1.54) is 24.3 Å². The zero-order valence-electron chi connectivity index (χ0n) is 10.8. The molecule has 0 bridgehead atoms. The number of alkyl halides is 3. The molecule has 112 valence electrons. The third kappa shape index (κ3) is 3.95. The smallest absolute Gasteiger partial charge is 0.324 e. The molecular weight excluding hydrogens is 306 g/mol. The second kappa shape index (κ2) is 6.03. The lowest BCUT2D eigenvalue weighted by Crippen LogP contribution is -2.15.